The van der Waals surface area contributed by atoms with Crippen molar-refractivity contribution in [1.82, 2.24) is 10.3 Å². The lowest BCUT2D eigenvalue weighted by molar-refractivity contribution is 0.0923. The predicted molar refractivity (Wildman–Crippen MR) is 87.2 cm³/mol. The van der Waals surface area contributed by atoms with Crippen molar-refractivity contribution in [2.75, 3.05) is 7.11 Å². The molecule has 4 heteroatoms. The van der Waals surface area contributed by atoms with Gasteiger partial charge in [-0.15, -0.1) is 0 Å². The minimum atomic E-state index is -0.0234. The van der Waals surface area contributed by atoms with E-state index in [0.717, 1.165) is 35.4 Å². The minimum Gasteiger partial charge on any atom is -0.497 e. The van der Waals surface area contributed by atoms with Crippen LogP contribution in [0.4, 0.5) is 0 Å². The summed E-state index contributed by atoms with van der Waals surface area (Å²) in [5.41, 5.74) is 1.46. The molecule has 0 aliphatic heterocycles. The molecule has 1 amide bonds. The molecule has 1 fully saturated rings. The standard InChI is InChI=1S/C18H22N2O2/c1-12-3-6-15(7-4-12)20-18(21)14-9-13-5-8-16(22-2)10-17(13)19-11-14/h5,8-12,15H,3-4,6-7H2,1-2H3,(H,20,21)/t12-,15-. The summed E-state index contributed by atoms with van der Waals surface area (Å²) in [5, 5.41) is 4.09. The molecule has 0 unspecified atom stereocenters. The Balaban J connectivity index is 1.73. The van der Waals surface area contributed by atoms with Crippen molar-refractivity contribution in [3.05, 3.63) is 36.0 Å². The molecule has 4 nitrogen and oxygen atoms in total. The molecule has 116 valence electrons. The third kappa shape index (κ3) is 3.21. The molecule has 1 aliphatic carbocycles. The normalized spacial score (nSPS) is 21.5. The topological polar surface area (TPSA) is 51.2 Å². The summed E-state index contributed by atoms with van der Waals surface area (Å²) in [6.45, 7) is 2.28. The van der Waals surface area contributed by atoms with Crippen molar-refractivity contribution in [2.45, 2.75) is 38.6 Å². The Morgan fingerprint density at radius 3 is 2.73 bits per heavy atom. The number of hydrogen-bond donors (Lipinski definition) is 1. The van der Waals surface area contributed by atoms with E-state index in [9.17, 15) is 4.79 Å². The molecule has 22 heavy (non-hydrogen) atoms. The van der Waals surface area contributed by atoms with Crippen molar-refractivity contribution < 1.29 is 9.53 Å². The first-order valence-corrected chi connectivity index (χ1v) is 7.90. The highest BCUT2D eigenvalue weighted by Crippen LogP contribution is 2.24. The van der Waals surface area contributed by atoms with Gasteiger partial charge in [0, 0.05) is 23.7 Å². The Bertz CT molecular complexity index is 676. The van der Waals surface area contributed by atoms with E-state index >= 15 is 0 Å². The zero-order chi connectivity index (χ0) is 15.5. The molecule has 3 rings (SSSR count). The van der Waals surface area contributed by atoms with Gasteiger partial charge in [-0.2, -0.15) is 0 Å². The van der Waals surface area contributed by atoms with E-state index in [1.54, 1.807) is 13.3 Å². The molecule has 1 aromatic carbocycles. The van der Waals surface area contributed by atoms with Gasteiger partial charge < -0.3 is 10.1 Å². The lowest BCUT2D eigenvalue weighted by Crippen LogP contribution is -2.37. The predicted octanol–water partition coefficient (Wildman–Crippen LogP) is 3.55. The van der Waals surface area contributed by atoms with Crippen LogP contribution in [-0.2, 0) is 0 Å². The molecule has 2 aromatic rings. The maximum atomic E-state index is 12.4. The molecule has 1 aliphatic rings. The summed E-state index contributed by atoms with van der Waals surface area (Å²) in [4.78, 5) is 16.8. The number of nitrogens with zero attached hydrogens (tertiary/aromatic N) is 1. The van der Waals surface area contributed by atoms with E-state index in [-0.39, 0.29) is 5.91 Å². The van der Waals surface area contributed by atoms with E-state index in [1.165, 1.54) is 12.8 Å². The first kappa shape index (κ1) is 14.8. The van der Waals surface area contributed by atoms with Gasteiger partial charge in [0.2, 0.25) is 0 Å². The Morgan fingerprint density at radius 2 is 2.00 bits per heavy atom. The molecule has 0 atom stereocenters. The van der Waals surface area contributed by atoms with Crippen LogP contribution in [0.2, 0.25) is 0 Å². The summed E-state index contributed by atoms with van der Waals surface area (Å²) >= 11 is 0. The second-order valence-corrected chi connectivity index (χ2v) is 6.21. The van der Waals surface area contributed by atoms with Crippen molar-refractivity contribution in [1.29, 1.82) is 0 Å². The number of rotatable bonds is 3. The summed E-state index contributed by atoms with van der Waals surface area (Å²) in [5.74, 6) is 1.53. The largest absolute Gasteiger partial charge is 0.497 e. The van der Waals surface area contributed by atoms with Crippen LogP contribution in [0, 0.1) is 5.92 Å². The van der Waals surface area contributed by atoms with E-state index < -0.39 is 0 Å². The molecular formula is C18H22N2O2. The molecule has 0 spiro atoms. The molecule has 0 bridgehead atoms. The van der Waals surface area contributed by atoms with Crippen molar-refractivity contribution in [3.8, 4) is 5.75 Å². The monoisotopic (exact) mass is 298 g/mol. The number of carbonyl (C=O) groups excluding carboxylic acids is 1. The number of nitrogens with one attached hydrogen (secondary N) is 1. The van der Waals surface area contributed by atoms with Gasteiger partial charge in [0.05, 0.1) is 18.2 Å². The van der Waals surface area contributed by atoms with Crippen molar-refractivity contribution in [3.63, 3.8) is 0 Å². The quantitative estimate of drug-likeness (QED) is 0.942. The molecule has 1 saturated carbocycles. The fourth-order valence-corrected chi connectivity index (χ4v) is 3.03. The van der Waals surface area contributed by atoms with Crippen molar-refractivity contribution in [2.24, 2.45) is 5.92 Å². The number of methoxy groups -OCH3 is 1. The fraction of sp³-hybridized carbons (Fsp3) is 0.444. The van der Waals surface area contributed by atoms with Gasteiger partial charge in [0.15, 0.2) is 0 Å². The molecule has 1 aromatic heterocycles. The molecule has 1 heterocycles. The third-order valence-electron chi connectivity index (χ3n) is 4.50. The SMILES string of the molecule is COc1ccc2cc(C(=O)N[C@H]3CC[C@H](C)CC3)cnc2c1. The highest BCUT2D eigenvalue weighted by Gasteiger charge is 2.20. The van der Waals surface area contributed by atoms with Crippen LogP contribution in [-0.4, -0.2) is 24.0 Å². The third-order valence-corrected chi connectivity index (χ3v) is 4.50. The number of benzene rings is 1. The van der Waals surface area contributed by atoms with Gasteiger partial charge in [-0.25, -0.2) is 0 Å². The van der Waals surface area contributed by atoms with Gasteiger partial charge in [-0.05, 0) is 49.8 Å². The van der Waals surface area contributed by atoms with E-state index in [2.05, 4.69) is 17.2 Å². The van der Waals surface area contributed by atoms with Gasteiger partial charge in [0.25, 0.3) is 5.91 Å². The lowest BCUT2D eigenvalue weighted by Gasteiger charge is -2.26. The average Bonchev–Trinajstić information content (AvgIpc) is 2.56. The van der Waals surface area contributed by atoms with Crippen LogP contribution in [0.15, 0.2) is 30.5 Å². The number of fused-ring (bicyclic) bond motifs is 1. The Morgan fingerprint density at radius 1 is 1.23 bits per heavy atom. The van der Waals surface area contributed by atoms with E-state index in [1.807, 2.05) is 24.3 Å². The summed E-state index contributed by atoms with van der Waals surface area (Å²) in [6, 6.07) is 7.88. The van der Waals surface area contributed by atoms with Crippen LogP contribution >= 0.6 is 0 Å². The van der Waals surface area contributed by atoms with Gasteiger partial charge in [0.1, 0.15) is 5.75 Å². The lowest BCUT2D eigenvalue weighted by atomic mass is 9.87. The molecule has 1 N–H and O–H groups in total. The average molecular weight is 298 g/mol. The molecular weight excluding hydrogens is 276 g/mol. The Kier molecular flexibility index (Phi) is 4.27. The van der Waals surface area contributed by atoms with E-state index in [4.69, 9.17) is 4.74 Å². The van der Waals surface area contributed by atoms with Gasteiger partial charge >= 0.3 is 0 Å². The molecule has 0 saturated heterocycles. The van der Waals surface area contributed by atoms with Gasteiger partial charge in [-0.3, -0.25) is 9.78 Å². The smallest absolute Gasteiger partial charge is 0.253 e. The van der Waals surface area contributed by atoms with Crippen LogP contribution in [0.25, 0.3) is 10.9 Å². The zero-order valence-corrected chi connectivity index (χ0v) is 13.1. The highest BCUT2D eigenvalue weighted by atomic mass is 16.5. The van der Waals surface area contributed by atoms with Crippen LogP contribution < -0.4 is 10.1 Å². The maximum Gasteiger partial charge on any atom is 0.253 e. The zero-order valence-electron chi connectivity index (χ0n) is 13.1. The second kappa shape index (κ2) is 6.34. The number of hydrogen-bond acceptors (Lipinski definition) is 3. The number of pyridine rings is 1. The van der Waals surface area contributed by atoms with Gasteiger partial charge in [-0.1, -0.05) is 6.92 Å². The van der Waals surface area contributed by atoms with E-state index in [0.29, 0.717) is 11.6 Å². The summed E-state index contributed by atoms with van der Waals surface area (Å²) < 4.78 is 5.19. The van der Waals surface area contributed by atoms with Crippen LogP contribution in [0.5, 0.6) is 5.75 Å². The van der Waals surface area contributed by atoms with Crippen LogP contribution in [0.1, 0.15) is 43.0 Å². The maximum absolute atomic E-state index is 12.4. The number of amides is 1. The summed E-state index contributed by atoms with van der Waals surface area (Å²) in [6.07, 6.45) is 6.18. The number of aromatic nitrogens is 1. The number of ether oxygens (including phenoxy) is 1. The van der Waals surface area contributed by atoms with Crippen molar-refractivity contribution >= 4 is 16.8 Å². The number of carbonyl (C=O) groups is 1. The minimum absolute atomic E-state index is 0.0234. The highest BCUT2D eigenvalue weighted by molar-refractivity contribution is 5.97. The van der Waals surface area contributed by atoms with Crippen LogP contribution in [0.3, 0.4) is 0 Å². The first-order valence-electron chi connectivity index (χ1n) is 7.90. The molecule has 0 radical (unpaired) electrons. The fourth-order valence-electron chi connectivity index (χ4n) is 3.03. The second-order valence-electron chi connectivity index (χ2n) is 6.21. The Hall–Kier alpha value is -2.10. The Labute approximate surface area is 130 Å². The first-order chi connectivity index (χ1) is 10.7. The summed E-state index contributed by atoms with van der Waals surface area (Å²) in [7, 11) is 1.63.